The number of fused-ring (bicyclic) bond motifs is 5. The fourth-order valence-electron chi connectivity index (χ4n) is 6.71. The molecule has 2 radical (unpaired) electrons. The number of hydrogen-bond donors (Lipinski definition) is 9. The van der Waals surface area contributed by atoms with Crippen LogP contribution in [0, 0.1) is 0 Å². The first-order valence-corrected chi connectivity index (χ1v) is 15.7. The van der Waals surface area contributed by atoms with Gasteiger partial charge in [0.05, 0.1) is 11.1 Å². The molecular weight excluding hydrogens is 643 g/mol. The van der Waals surface area contributed by atoms with Crippen LogP contribution < -0.4 is 5.46 Å². The highest BCUT2D eigenvalue weighted by atomic mass is 32.1. The van der Waals surface area contributed by atoms with Crippen LogP contribution in [0.15, 0.2) is 84.9 Å². The fourth-order valence-corrected chi connectivity index (χ4v) is 7.78. The van der Waals surface area contributed by atoms with Gasteiger partial charge in [0.2, 0.25) is 17.2 Å². The quantitative estimate of drug-likeness (QED) is 0.0399. The van der Waals surface area contributed by atoms with E-state index in [9.17, 15) is 46.0 Å². The Bertz CT molecular complexity index is 2620. The van der Waals surface area contributed by atoms with Crippen molar-refractivity contribution in [3.05, 3.63) is 84.9 Å². The maximum atomic E-state index is 11.0. The molecule has 0 aliphatic heterocycles. The minimum absolute atomic E-state index is 0.173. The lowest BCUT2D eigenvalue weighted by molar-refractivity contribution is 0.330. The van der Waals surface area contributed by atoms with Gasteiger partial charge in [-0.15, -0.1) is 11.3 Å². The van der Waals surface area contributed by atoms with Crippen LogP contribution in [-0.2, 0) is 0 Å². The molecule has 8 rings (SSSR count). The van der Waals surface area contributed by atoms with Gasteiger partial charge >= 0.3 is 0 Å². The summed E-state index contributed by atoms with van der Waals surface area (Å²) in [6.45, 7) is 0. The summed E-state index contributed by atoms with van der Waals surface area (Å²) in [5.74, 6) is -7.39. The fraction of sp³-hybridized carbons (Fsp3) is 0. The molecule has 0 amide bonds. The maximum absolute atomic E-state index is 11.0. The Kier molecular flexibility index (Phi) is 6.43. The van der Waals surface area contributed by atoms with E-state index in [-0.39, 0.29) is 16.7 Å². The molecule has 0 unspecified atom stereocenters. The standard InChI is InChI=1S/C38H23BO9S/c39-29-34(44)32(42)28(33(43)35(29)45)27-19-7-3-1-5-17(19)25(18-6-2-4-8-20(18)27)15-9-11-23-21(13-15)22-14-16(10-12-24(22)49-23)26-30(40)36(46)38(48)37(47)31(26)41/h1-14,40-48H. The summed E-state index contributed by atoms with van der Waals surface area (Å²) in [5, 5.41) is 98.9. The van der Waals surface area contributed by atoms with E-state index in [0.717, 1.165) is 42.1 Å². The molecule has 11 heteroatoms. The monoisotopic (exact) mass is 666 g/mol. The minimum atomic E-state index is -1.04. The van der Waals surface area contributed by atoms with Gasteiger partial charge in [-0.1, -0.05) is 60.7 Å². The summed E-state index contributed by atoms with van der Waals surface area (Å²) < 4.78 is 1.83. The highest BCUT2D eigenvalue weighted by Crippen LogP contribution is 2.56. The van der Waals surface area contributed by atoms with Crippen molar-refractivity contribution < 1.29 is 46.0 Å². The summed E-state index contributed by atoms with van der Waals surface area (Å²) in [5.41, 5.74) is 1.34. The number of hydrogen-bond acceptors (Lipinski definition) is 10. The van der Waals surface area contributed by atoms with Crippen LogP contribution in [0.5, 0.6) is 51.7 Å². The molecule has 8 aromatic rings. The number of benzene rings is 7. The number of rotatable bonds is 3. The molecule has 0 aliphatic rings. The van der Waals surface area contributed by atoms with Gasteiger partial charge < -0.3 is 46.0 Å². The van der Waals surface area contributed by atoms with Gasteiger partial charge in [-0.3, -0.25) is 0 Å². The van der Waals surface area contributed by atoms with Crippen LogP contribution in [0.3, 0.4) is 0 Å². The summed E-state index contributed by atoms with van der Waals surface area (Å²) in [6.07, 6.45) is 0. The molecular formula is C38H23BO9S. The zero-order valence-electron chi connectivity index (χ0n) is 25.1. The van der Waals surface area contributed by atoms with Crippen molar-refractivity contribution in [2.45, 2.75) is 0 Å². The van der Waals surface area contributed by atoms with Gasteiger partial charge in [0.25, 0.3) is 0 Å². The highest BCUT2D eigenvalue weighted by Gasteiger charge is 2.27. The molecule has 9 N–H and O–H groups in total. The van der Waals surface area contributed by atoms with Gasteiger partial charge in [0.1, 0.15) is 7.85 Å². The van der Waals surface area contributed by atoms with Crippen LogP contribution in [0.1, 0.15) is 0 Å². The molecule has 238 valence electrons. The van der Waals surface area contributed by atoms with Crippen LogP contribution in [-0.4, -0.2) is 53.8 Å². The van der Waals surface area contributed by atoms with Gasteiger partial charge in [-0.2, -0.15) is 0 Å². The van der Waals surface area contributed by atoms with Gasteiger partial charge in [0, 0.05) is 25.7 Å². The van der Waals surface area contributed by atoms with E-state index < -0.39 is 57.2 Å². The summed E-state index contributed by atoms with van der Waals surface area (Å²) in [6, 6.07) is 25.8. The Balaban J connectivity index is 1.42. The van der Waals surface area contributed by atoms with Crippen LogP contribution in [0.25, 0.3) is 75.1 Å². The zero-order chi connectivity index (χ0) is 34.5. The minimum Gasteiger partial charge on any atom is -0.505 e. The molecule has 49 heavy (non-hydrogen) atoms. The van der Waals surface area contributed by atoms with E-state index in [2.05, 4.69) is 0 Å². The van der Waals surface area contributed by atoms with Crippen molar-refractivity contribution in [3.8, 4) is 85.1 Å². The van der Waals surface area contributed by atoms with Crippen LogP contribution >= 0.6 is 11.3 Å². The van der Waals surface area contributed by atoms with E-state index in [1.165, 1.54) is 11.3 Å². The molecule has 0 saturated carbocycles. The zero-order valence-corrected chi connectivity index (χ0v) is 25.9. The second kappa shape index (κ2) is 10.5. The molecule has 0 fully saturated rings. The third-order valence-electron chi connectivity index (χ3n) is 9.03. The number of aromatic hydroxyl groups is 9. The largest absolute Gasteiger partial charge is 0.505 e. The molecule has 0 atom stereocenters. The Labute approximate surface area is 281 Å². The van der Waals surface area contributed by atoms with E-state index in [1.807, 2.05) is 54.6 Å². The third kappa shape index (κ3) is 4.12. The Morgan fingerprint density at radius 1 is 0.347 bits per heavy atom. The number of phenolic OH excluding ortho intramolecular Hbond substituents is 9. The van der Waals surface area contributed by atoms with Gasteiger partial charge in [-0.25, -0.2) is 0 Å². The first kappa shape index (κ1) is 29.9. The van der Waals surface area contributed by atoms with Crippen molar-refractivity contribution in [3.63, 3.8) is 0 Å². The molecule has 0 spiro atoms. The van der Waals surface area contributed by atoms with E-state index in [4.69, 9.17) is 7.85 Å². The average molecular weight is 666 g/mol. The molecule has 0 saturated heterocycles. The van der Waals surface area contributed by atoms with Crippen LogP contribution in [0.4, 0.5) is 0 Å². The van der Waals surface area contributed by atoms with E-state index in [0.29, 0.717) is 16.3 Å². The molecule has 0 aliphatic carbocycles. The summed E-state index contributed by atoms with van der Waals surface area (Å²) >= 11 is 1.52. The topological polar surface area (TPSA) is 182 Å². The molecule has 9 nitrogen and oxygen atoms in total. The summed E-state index contributed by atoms with van der Waals surface area (Å²) in [4.78, 5) is 0. The predicted octanol–water partition coefficient (Wildman–Crippen LogP) is 7.51. The molecule has 1 heterocycles. The van der Waals surface area contributed by atoms with Crippen molar-refractivity contribution in [2.75, 3.05) is 0 Å². The second-order valence-corrected chi connectivity index (χ2v) is 12.8. The molecule has 1 aromatic heterocycles. The van der Waals surface area contributed by atoms with E-state index in [1.54, 1.807) is 30.3 Å². The van der Waals surface area contributed by atoms with Crippen molar-refractivity contribution >= 4 is 66.4 Å². The highest BCUT2D eigenvalue weighted by molar-refractivity contribution is 7.25. The third-order valence-corrected chi connectivity index (χ3v) is 10.2. The SMILES string of the molecule is [B]c1c(O)c(O)c(-c2c3ccccc3c(-c3ccc4sc5ccc(-c6c(O)c(O)c(O)c(O)c6O)cc5c4c3)c3ccccc23)c(O)c1O. The average Bonchev–Trinajstić information content (AvgIpc) is 3.48. The first-order chi connectivity index (χ1) is 23.5. The second-order valence-electron chi connectivity index (χ2n) is 11.7. The smallest absolute Gasteiger partial charge is 0.208 e. The van der Waals surface area contributed by atoms with Crippen molar-refractivity contribution in [2.24, 2.45) is 0 Å². The van der Waals surface area contributed by atoms with Gasteiger partial charge in [-0.05, 0) is 68.0 Å². The Morgan fingerprint density at radius 2 is 0.714 bits per heavy atom. The molecule has 0 bridgehead atoms. The Morgan fingerprint density at radius 3 is 1.16 bits per heavy atom. The summed E-state index contributed by atoms with van der Waals surface area (Å²) in [7, 11) is 5.73. The lowest BCUT2D eigenvalue weighted by Crippen LogP contribution is -2.05. The van der Waals surface area contributed by atoms with Crippen molar-refractivity contribution in [1.82, 2.24) is 0 Å². The van der Waals surface area contributed by atoms with E-state index >= 15 is 0 Å². The first-order valence-electron chi connectivity index (χ1n) is 14.8. The van der Waals surface area contributed by atoms with Gasteiger partial charge in [0.15, 0.2) is 34.5 Å². The maximum Gasteiger partial charge on any atom is 0.208 e. The number of phenols is 9. The lowest BCUT2D eigenvalue weighted by Gasteiger charge is -2.20. The lowest BCUT2D eigenvalue weighted by atomic mass is 9.83. The van der Waals surface area contributed by atoms with Crippen molar-refractivity contribution in [1.29, 1.82) is 0 Å². The number of thiophene rings is 1. The normalized spacial score (nSPS) is 11.7. The molecule has 7 aromatic carbocycles. The predicted molar refractivity (Wildman–Crippen MR) is 191 cm³/mol. The Hall–Kier alpha value is -6.46. The van der Waals surface area contributed by atoms with Crippen LogP contribution in [0.2, 0.25) is 0 Å².